The first-order chi connectivity index (χ1) is 8.35. The molecule has 0 saturated heterocycles. The molecule has 0 amide bonds. The van der Waals surface area contributed by atoms with Crippen LogP contribution in [0.25, 0.3) is 0 Å². The summed E-state index contributed by atoms with van der Waals surface area (Å²) in [6.07, 6.45) is -0.751. The van der Waals surface area contributed by atoms with E-state index in [2.05, 4.69) is 5.32 Å². The summed E-state index contributed by atoms with van der Waals surface area (Å²) in [5, 5.41) is 3.01. The van der Waals surface area contributed by atoms with Crippen LogP contribution in [0.3, 0.4) is 0 Å². The Morgan fingerprint density at radius 1 is 1.50 bits per heavy atom. The lowest BCUT2D eigenvalue weighted by Gasteiger charge is -2.28. The SMILES string of the molecule is CC(C)(C)OC(=O)C1CNc2ccc(F)cc2O1. The Labute approximate surface area is 105 Å². The van der Waals surface area contributed by atoms with Gasteiger partial charge in [-0.05, 0) is 32.9 Å². The smallest absolute Gasteiger partial charge is 0.349 e. The zero-order chi connectivity index (χ0) is 13.3. The van der Waals surface area contributed by atoms with Gasteiger partial charge in [-0.25, -0.2) is 9.18 Å². The summed E-state index contributed by atoms with van der Waals surface area (Å²) in [6, 6.07) is 4.16. The lowest BCUT2D eigenvalue weighted by atomic mass is 10.2. The van der Waals surface area contributed by atoms with Gasteiger partial charge in [-0.1, -0.05) is 0 Å². The second-order valence-electron chi connectivity index (χ2n) is 5.16. The molecule has 0 spiro atoms. The lowest BCUT2D eigenvalue weighted by molar-refractivity contribution is -0.162. The molecule has 4 nitrogen and oxygen atoms in total. The van der Waals surface area contributed by atoms with Crippen LogP contribution in [0.2, 0.25) is 0 Å². The number of hydrogen-bond acceptors (Lipinski definition) is 4. The molecule has 1 atom stereocenters. The molecule has 18 heavy (non-hydrogen) atoms. The highest BCUT2D eigenvalue weighted by Crippen LogP contribution is 2.30. The number of carbonyl (C=O) groups is 1. The average molecular weight is 253 g/mol. The highest BCUT2D eigenvalue weighted by Gasteiger charge is 2.30. The number of ether oxygens (including phenoxy) is 2. The molecule has 1 aliphatic heterocycles. The van der Waals surface area contributed by atoms with Crippen molar-refractivity contribution in [2.45, 2.75) is 32.5 Å². The van der Waals surface area contributed by atoms with Crippen molar-refractivity contribution in [3.05, 3.63) is 24.0 Å². The summed E-state index contributed by atoms with van der Waals surface area (Å²) in [5.74, 6) is -0.526. The highest BCUT2D eigenvalue weighted by atomic mass is 19.1. The Kier molecular flexibility index (Phi) is 3.15. The maximum Gasteiger partial charge on any atom is 0.349 e. The third-order valence-corrected chi connectivity index (χ3v) is 2.36. The predicted octanol–water partition coefficient (Wildman–Crippen LogP) is 2.34. The van der Waals surface area contributed by atoms with Crippen LogP contribution in [0.4, 0.5) is 10.1 Å². The van der Waals surface area contributed by atoms with Crippen LogP contribution in [-0.2, 0) is 9.53 Å². The van der Waals surface area contributed by atoms with E-state index < -0.39 is 23.5 Å². The summed E-state index contributed by atoms with van der Waals surface area (Å²) in [5.41, 5.74) is 0.110. The molecule has 0 fully saturated rings. The Bertz CT molecular complexity index is 468. The van der Waals surface area contributed by atoms with Crippen LogP contribution >= 0.6 is 0 Å². The molecule has 0 radical (unpaired) electrons. The van der Waals surface area contributed by atoms with Gasteiger partial charge in [-0.3, -0.25) is 0 Å². The first-order valence-electron chi connectivity index (χ1n) is 5.78. The Morgan fingerprint density at radius 2 is 2.22 bits per heavy atom. The molecule has 1 aromatic carbocycles. The van der Waals surface area contributed by atoms with Gasteiger partial charge in [0.25, 0.3) is 0 Å². The predicted molar refractivity (Wildman–Crippen MR) is 65.2 cm³/mol. The number of fused-ring (bicyclic) bond motifs is 1. The van der Waals surface area contributed by atoms with Gasteiger partial charge in [0, 0.05) is 6.07 Å². The van der Waals surface area contributed by atoms with Crippen molar-refractivity contribution in [2.75, 3.05) is 11.9 Å². The van der Waals surface area contributed by atoms with Gasteiger partial charge in [0.05, 0.1) is 12.2 Å². The molecule has 1 N–H and O–H groups in total. The van der Waals surface area contributed by atoms with Gasteiger partial charge in [-0.2, -0.15) is 0 Å². The first-order valence-corrected chi connectivity index (χ1v) is 5.78. The van der Waals surface area contributed by atoms with Crippen molar-refractivity contribution >= 4 is 11.7 Å². The lowest BCUT2D eigenvalue weighted by Crippen LogP contribution is -2.41. The van der Waals surface area contributed by atoms with Crippen molar-refractivity contribution in [1.29, 1.82) is 0 Å². The van der Waals surface area contributed by atoms with Crippen molar-refractivity contribution < 1.29 is 18.7 Å². The van der Waals surface area contributed by atoms with Crippen LogP contribution in [-0.4, -0.2) is 24.2 Å². The van der Waals surface area contributed by atoms with Gasteiger partial charge < -0.3 is 14.8 Å². The second-order valence-corrected chi connectivity index (χ2v) is 5.16. The van der Waals surface area contributed by atoms with Gasteiger partial charge in [0.15, 0.2) is 0 Å². The molecule has 0 aliphatic carbocycles. The summed E-state index contributed by atoms with van der Waals surface area (Å²) in [7, 11) is 0. The number of carbonyl (C=O) groups excluding carboxylic acids is 1. The van der Waals surface area contributed by atoms with Crippen molar-refractivity contribution in [1.82, 2.24) is 0 Å². The second kappa shape index (κ2) is 4.48. The number of rotatable bonds is 1. The Balaban J connectivity index is 2.09. The molecule has 1 aromatic rings. The van der Waals surface area contributed by atoms with Crippen LogP contribution < -0.4 is 10.1 Å². The Hall–Kier alpha value is -1.78. The summed E-state index contributed by atoms with van der Waals surface area (Å²) in [4.78, 5) is 11.8. The maximum atomic E-state index is 13.1. The van der Waals surface area contributed by atoms with Gasteiger partial charge in [-0.15, -0.1) is 0 Å². The Morgan fingerprint density at radius 3 is 2.89 bits per heavy atom. The molecule has 0 aromatic heterocycles. The standard InChI is InChI=1S/C13H16FNO3/c1-13(2,3)18-12(16)11-7-15-9-5-4-8(14)6-10(9)17-11/h4-6,11,15H,7H2,1-3H3. The topological polar surface area (TPSA) is 47.6 Å². The monoisotopic (exact) mass is 253 g/mol. The normalized spacial score (nSPS) is 18.3. The molecule has 0 bridgehead atoms. The van der Waals surface area contributed by atoms with E-state index in [-0.39, 0.29) is 0 Å². The molecule has 1 unspecified atom stereocenters. The fourth-order valence-corrected chi connectivity index (χ4v) is 1.64. The average Bonchev–Trinajstić information content (AvgIpc) is 2.25. The van der Waals surface area contributed by atoms with E-state index in [0.717, 1.165) is 0 Å². The molecule has 1 aliphatic rings. The summed E-state index contributed by atoms with van der Waals surface area (Å²) < 4.78 is 23.7. The van der Waals surface area contributed by atoms with E-state index in [4.69, 9.17) is 9.47 Å². The minimum atomic E-state index is -0.751. The van der Waals surface area contributed by atoms with Crippen LogP contribution in [0.1, 0.15) is 20.8 Å². The van der Waals surface area contributed by atoms with Crippen LogP contribution in [0, 0.1) is 5.82 Å². The number of hydrogen-bond donors (Lipinski definition) is 1. The molecular weight excluding hydrogens is 237 g/mol. The van der Waals surface area contributed by atoms with Gasteiger partial charge in [0.2, 0.25) is 6.10 Å². The maximum absolute atomic E-state index is 13.1. The van der Waals surface area contributed by atoms with Crippen LogP contribution in [0.5, 0.6) is 5.75 Å². The number of anilines is 1. The van der Waals surface area contributed by atoms with Crippen molar-refractivity contribution in [3.63, 3.8) is 0 Å². The van der Waals surface area contributed by atoms with E-state index in [9.17, 15) is 9.18 Å². The van der Waals surface area contributed by atoms with Crippen molar-refractivity contribution in [3.8, 4) is 5.75 Å². The quantitative estimate of drug-likeness (QED) is 0.780. The summed E-state index contributed by atoms with van der Waals surface area (Å²) in [6.45, 7) is 5.67. The third-order valence-electron chi connectivity index (χ3n) is 2.36. The van der Waals surface area contributed by atoms with Crippen molar-refractivity contribution in [2.24, 2.45) is 0 Å². The minimum absolute atomic E-state index is 0.313. The molecule has 98 valence electrons. The molecule has 0 saturated carbocycles. The summed E-state index contributed by atoms with van der Waals surface area (Å²) >= 11 is 0. The minimum Gasteiger partial charge on any atom is -0.475 e. The third kappa shape index (κ3) is 2.91. The molecule has 1 heterocycles. The number of benzene rings is 1. The number of halogens is 1. The van der Waals surface area contributed by atoms with Crippen LogP contribution in [0.15, 0.2) is 18.2 Å². The molecule has 2 rings (SSSR count). The number of esters is 1. The first kappa shape index (κ1) is 12.7. The largest absolute Gasteiger partial charge is 0.475 e. The zero-order valence-corrected chi connectivity index (χ0v) is 10.6. The van der Waals surface area contributed by atoms with Gasteiger partial charge >= 0.3 is 5.97 Å². The zero-order valence-electron chi connectivity index (χ0n) is 10.6. The van der Waals surface area contributed by atoms with E-state index in [0.29, 0.717) is 18.0 Å². The highest BCUT2D eigenvalue weighted by molar-refractivity contribution is 5.78. The molecular formula is C13H16FNO3. The van der Waals surface area contributed by atoms with E-state index in [1.165, 1.54) is 12.1 Å². The van der Waals surface area contributed by atoms with Gasteiger partial charge in [0.1, 0.15) is 17.2 Å². The fourth-order valence-electron chi connectivity index (χ4n) is 1.64. The van der Waals surface area contributed by atoms with E-state index in [1.807, 2.05) is 0 Å². The fraction of sp³-hybridized carbons (Fsp3) is 0.462. The molecule has 5 heteroatoms. The van der Waals surface area contributed by atoms with E-state index in [1.54, 1.807) is 26.8 Å². The van der Waals surface area contributed by atoms with E-state index >= 15 is 0 Å². The number of nitrogens with one attached hydrogen (secondary N) is 1.